The summed E-state index contributed by atoms with van der Waals surface area (Å²) in [5, 5.41) is 13.4. The molecule has 5 heteroatoms. The van der Waals surface area contributed by atoms with Crippen LogP contribution in [-0.2, 0) is 6.54 Å². The molecule has 2 saturated heterocycles. The summed E-state index contributed by atoms with van der Waals surface area (Å²) < 4.78 is 27.4. The fourth-order valence-electron chi connectivity index (χ4n) is 4.85. The van der Waals surface area contributed by atoms with Gasteiger partial charge < -0.3 is 10.4 Å². The molecular weight excluding hydrogens is 346 g/mol. The zero-order chi connectivity index (χ0) is 18.8. The zero-order valence-corrected chi connectivity index (χ0v) is 15.4. The lowest BCUT2D eigenvalue weighted by molar-refractivity contribution is 0.126. The molecule has 27 heavy (non-hydrogen) atoms. The van der Waals surface area contributed by atoms with Crippen molar-refractivity contribution in [3.8, 4) is 5.75 Å². The summed E-state index contributed by atoms with van der Waals surface area (Å²) in [4.78, 5) is 2.54. The number of nitrogens with one attached hydrogen (secondary N) is 1. The lowest BCUT2D eigenvalue weighted by atomic mass is 9.84. The van der Waals surface area contributed by atoms with Crippen LogP contribution < -0.4 is 5.32 Å². The number of rotatable bonds is 6. The fourth-order valence-corrected chi connectivity index (χ4v) is 4.85. The predicted molar refractivity (Wildman–Crippen MR) is 102 cm³/mol. The van der Waals surface area contributed by atoms with Crippen molar-refractivity contribution >= 4 is 0 Å². The van der Waals surface area contributed by atoms with Gasteiger partial charge in [-0.05, 0) is 55.4 Å². The van der Waals surface area contributed by atoms with Crippen LogP contribution in [0.15, 0.2) is 42.5 Å². The van der Waals surface area contributed by atoms with E-state index in [0.717, 1.165) is 24.9 Å². The Morgan fingerprint density at radius 2 is 1.63 bits per heavy atom. The van der Waals surface area contributed by atoms with E-state index < -0.39 is 11.6 Å². The van der Waals surface area contributed by atoms with E-state index in [9.17, 15) is 13.9 Å². The molecule has 2 atom stereocenters. The van der Waals surface area contributed by atoms with Crippen molar-refractivity contribution in [2.45, 2.75) is 50.2 Å². The van der Waals surface area contributed by atoms with Crippen molar-refractivity contribution in [2.75, 3.05) is 13.1 Å². The zero-order valence-electron chi connectivity index (χ0n) is 15.4. The highest BCUT2D eigenvalue weighted by Crippen LogP contribution is 2.44. The molecule has 0 amide bonds. The molecule has 2 aliphatic heterocycles. The minimum atomic E-state index is -0.494. The van der Waals surface area contributed by atoms with Crippen LogP contribution in [-0.4, -0.2) is 35.2 Å². The van der Waals surface area contributed by atoms with Crippen molar-refractivity contribution in [3.63, 3.8) is 0 Å². The molecule has 0 radical (unpaired) electrons. The van der Waals surface area contributed by atoms with Crippen LogP contribution in [0.25, 0.3) is 0 Å². The molecule has 2 aliphatic rings. The third kappa shape index (κ3) is 3.85. The maximum atomic E-state index is 13.7. The van der Waals surface area contributed by atoms with Gasteiger partial charge in [0, 0.05) is 37.3 Å². The van der Waals surface area contributed by atoms with Gasteiger partial charge in [0.05, 0.1) is 0 Å². The van der Waals surface area contributed by atoms with Crippen molar-refractivity contribution in [3.05, 3.63) is 65.2 Å². The van der Waals surface area contributed by atoms with E-state index in [2.05, 4.69) is 10.2 Å². The van der Waals surface area contributed by atoms with Crippen LogP contribution in [0.1, 0.15) is 42.7 Å². The van der Waals surface area contributed by atoms with E-state index in [1.807, 2.05) is 18.2 Å². The van der Waals surface area contributed by atoms with E-state index >= 15 is 0 Å². The Labute approximate surface area is 159 Å². The first kappa shape index (κ1) is 18.4. The highest BCUT2D eigenvalue weighted by Gasteiger charge is 2.41. The summed E-state index contributed by atoms with van der Waals surface area (Å²) >= 11 is 0. The average molecular weight is 372 g/mol. The number of benzene rings is 2. The van der Waals surface area contributed by atoms with Gasteiger partial charge in [0.15, 0.2) is 0 Å². The van der Waals surface area contributed by atoms with E-state index in [-0.39, 0.29) is 12.1 Å². The average Bonchev–Trinajstić information content (AvgIpc) is 2.89. The molecule has 0 spiro atoms. The number of hydrogen-bond acceptors (Lipinski definition) is 3. The molecule has 0 aromatic heterocycles. The van der Waals surface area contributed by atoms with E-state index in [1.165, 1.54) is 31.0 Å². The fraction of sp³-hybridized carbons (Fsp3) is 0.455. The topological polar surface area (TPSA) is 35.5 Å². The molecule has 0 aliphatic carbocycles. The second kappa shape index (κ2) is 7.95. The van der Waals surface area contributed by atoms with Crippen molar-refractivity contribution < 1.29 is 13.9 Å². The second-order valence-electron chi connectivity index (χ2n) is 7.73. The summed E-state index contributed by atoms with van der Waals surface area (Å²) in [6, 6.07) is 12.7. The van der Waals surface area contributed by atoms with Gasteiger partial charge in [0.25, 0.3) is 0 Å². The Morgan fingerprint density at radius 3 is 2.30 bits per heavy atom. The Hall–Kier alpha value is -1.98. The number of fused-ring (bicyclic) bond motifs is 2. The van der Waals surface area contributed by atoms with Crippen molar-refractivity contribution in [1.29, 1.82) is 0 Å². The second-order valence-corrected chi connectivity index (χ2v) is 7.73. The quantitative estimate of drug-likeness (QED) is 0.747. The van der Waals surface area contributed by atoms with Crippen LogP contribution in [0.3, 0.4) is 0 Å². The van der Waals surface area contributed by atoms with Gasteiger partial charge in [0.1, 0.15) is 17.4 Å². The molecule has 3 nitrogen and oxygen atoms in total. The number of halogens is 2. The first-order valence-corrected chi connectivity index (χ1v) is 9.80. The van der Waals surface area contributed by atoms with Crippen LogP contribution in [0.5, 0.6) is 5.75 Å². The number of aromatic hydroxyl groups is 1. The largest absolute Gasteiger partial charge is 0.508 e. The first-order chi connectivity index (χ1) is 13.1. The molecule has 2 aromatic rings. The molecule has 2 heterocycles. The van der Waals surface area contributed by atoms with Gasteiger partial charge >= 0.3 is 0 Å². The maximum Gasteiger partial charge on any atom is 0.130 e. The minimum Gasteiger partial charge on any atom is -0.508 e. The van der Waals surface area contributed by atoms with Gasteiger partial charge in [-0.3, -0.25) is 4.90 Å². The predicted octanol–water partition coefficient (Wildman–Crippen LogP) is 4.17. The third-order valence-corrected chi connectivity index (χ3v) is 6.17. The van der Waals surface area contributed by atoms with Gasteiger partial charge in [0.2, 0.25) is 0 Å². The summed E-state index contributed by atoms with van der Waals surface area (Å²) in [5.74, 6) is -0.165. The third-order valence-electron chi connectivity index (χ3n) is 6.17. The number of phenols is 1. The molecule has 2 unspecified atom stereocenters. The monoisotopic (exact) mass is 372 g/mol. The van der Waals surface area contributed by atoms with Gasteiger partial charge in [-0.25, -0.2) is 8.78 Å². The van der Waals surface area contributed by atoms with Crippen LogP contribution in [0, 0.1) is 11.6 Å². The molecular formula is C22H26F2N2O. The maximum absolute atomic E-state index is 13.7. The van der Waals surface area contributed by atoms with E-state index in [4.69, 9.17) is 0 Å². The highest BCUT2D eigenvalue weighted by atomic mass is 19.1. The summed E-state index contributed by atoms with van der Waals surface area (Å²) in [5.41, 5.74) is 1.18. The summed E-state index contributed by atoms with van der Waals surface area (Å²) in [7, 11) is 0. The van der Waals surface area contributed by atoms with Crippen molar-refractivity contribution in [2.24, 2.45) is 0 Å². The van der Waals surface area contributed by atoms with Gasteiger partial charge in [-0.1, -0.05) is 24.3 Å². The Kier molecular flexibility index (Phi) is 5.41. The van der Waals surface area contributed by atoms with Crippen LogP contribution in [0.2, 0.25) is 0 Å². The first-order valence-electron chi connectivity index (χ1n) is 9.80. The van der Waals surface area contributed by atoms with Crippen LogP contribution in [0.4, 0.5) is 8.78 Å². The number of piperidine rings is 1. The SMILES string of the molecule is Oc1ccccc1C1CC2CCC(C1)N2CCNCc1c(F)cccc1F. The summed E-state index contributed by atoms with van der Waals surface area (Å²) in [6.07, 6.45) is 4.51. The van der Waals surface area contributed by atoms with E-state index in [0.29, 0.717) is 30.3 Å². The molecule has 4 rings (SSSR count). The van der Waals surface area contributed by atoms with Crippen molar-refractivity contribution in [1.82, 2.24) is 10.2 Å². The Morgan fingerprint density at radius 1 is 0.963 bits per heavy atom. The number of nitrogens with zero attached hydrogens (tertiary/aromatic N) is 1. The molecule has 2 N–H and O–H groups in total. The van der Waals surface area contributed by atoms with Gasteiger partial charge in [-0.2, -0.15) is 0 Å². The van der Waals surface area contributed by atoms with Gasteiger partial charge in [-0.15, -0.1) is 0 Å². The summed E-state index contributed by atoms with van der Waals surface area (Å²) in [6.45, 7) is 1.81. The van der Waals surface area contributed by atoms with E-state index in [1.54, 1.807) is 6.07 Å². The normalized spacial score (nSPS) is 25.0. The number of phenolic OH excluding ortho intramolecular Hbond substituents is 1. The number of para-hydroxylation sites is 1. The Bertz CT molecular complexity index is 763. The minimum absolute atomic E-state index is 0.110. The van der Waals surface area contributed by atoms with Crippen LogP contribution >= 0.6 is 0 Å². The molecule has 2 fully saturated rings. The Balaban J connectivity index is 1.31. The molecule has 144 valence electrons. The lowest BCUT2D eigenvalue weighted by Crippen LogP contribution is -2.45. The lowest BCUT2D eigenvalue weighted by Gasteiger charge is -2.39. The molecule has 2 bridgehead atoms. The molecule has 2 aromatic carbocycles. The number of hydrogen-bond donors (Lipinski definition) is 2. The standard InChI is InChI=1S/C22H26F2N2O/c23-20-5-3-6-21(24)19(20)14-25-10-11-26-16-8-9-17(26)13-15(12-16)18-4-1-2-7-22(18)27/h1-7,15-17,25,27H,8-14H2. The smallest absolute Gasteiger partial charge is 0.130 e. The highest BCUT2D eigenvalue weighted by molar-refractivity contribution is 5.35. The molecule has 0 saturated carbocycles.